The number of aromatic nitrogens is 4. The minimum absolute atomic E-state index is 0.635. The monoisotopic (exact) mass is 1690 g/mol. The second kappa shape index (κ2) is 31.7. The molecular weight excluding hydrogens is 1620 g/mol. The summed E-state index contributed by atoms with van der Waals surface area (Å²) >= 11 is 1.92. The van der Waals surface area contributed by atoms with Crippen LogP contribution in [0.3, 0.4) is 0 Å². The quantitative estimate of drug-likeness (QED) is 0.0759. The Hall–Kier alpha value is -16.3. The summed E-state index contributed by atoms with van der Waals surface area (Å²) in [7, 11) is -5.98. The van der Waals surface area contributed by atoms with Gasteiger partial charge >= 0.3 is 0 Å². The Balaban J connectivity index is 0.000000147. The summed E-state index contributed by atoms with van der Waals surface area (Å²) in [6.45, 7) is 0. The summed E-state index contributed by atoms with van der Waals surface area (Å²) < 4.78 is 16.7. The molecule has 0 atom stereocenters. The molecule has 129 heavy (non-hydrogen) atoms. The van der Waals surface area contributed by atoms with E-state index in [1.165, 1.54) is 116 Å². The summed E-state index contributed by atoms with van der Waals surface area (Å²) in [5.74, 6) is 0. The Morgan fingerprint density at radius 2 is 0.597 bits per heavy atom. The van der Waals surface area contributed by atoms with Gasteiger partial charge in [0, 0.05) is 103 Å². The predicted octanol–water partition coefficient (Wildman–Crippen LogP) is 25.6. The first kappa shape index (κ1) is 76.3. The van der Waals surface area contributed by atoms with Crippen LogP contribution in [0.4, 0.5) is 0 Å². The van der Waals surface area contributed by atoms with Gasteiger partial charge in [0.25, 0.3) is 0 Å². The molecule has 0 aliphatic heterocycles. The lowest BCUT2D eigenvalue weighted by atomic mass is 9.92. The summed E-state index contributed by atoms with van der Waals surface area (Å²) in [5.41, 5.74) is 20.6. The molecule has 604 valence electrons. The molecule has 0 radical (unpaired) electrons. The normalized spacial score (nSPS) is 11.9. The average Bonchev–Trinajstić information content (AvgIpc) is 1.69. The summed E-state index contributed by atoms with van der Waals surface area (Å²) in [5, 5.41) is 33.9. The Labute approximate surface area is 751 Å². The van der Waals surface area contributed by atoms with Crippen molar-refractivity contribution in [2.75, 3.05) is 0 Å². The van der Waals surface area contributed by atoms with Crippen LogP contribution in [0.5, 0.6) is 0 Å². The lowest BCUT2D eigenvalue weighted by Crippen LogP contribution is -2.74. The zero-order chi connectivity index (χ0) is 85.5. The van der Waals surface area contributed by atoms with Crippen molar-refractivity contribution in [2.24, 2.45) is 0 Å². The number of para-hydroxylation sites is 7. The minimum atomic E-state index is -3.10. The zero-order valence-corrected chi connectivity index (χ0v) is 73.0. The van der Waals surface area contributed by atoms with Gasteiger partial charge in [0.1, 0.15) is 17.2 Å². The SMILES string of the molecule is N#Cc1c(-c2cccc(-n3c4ccccc4c4cc(-n5c6ccccc6c6ccccc65)ccc43)c2)cccc1-c1cccc([Si](c2ccccc2)(c2ccccc2)c2cccc3c2oc2ccccc23)c1.c1ccc([Si](c2ccccc2)(c2cccc(-c3cccc(-c4cccc(-n5c6ccccc6c6ccccc65)c4)n3)c2)c2cccc3c2sc2ccccc23)cc1. The second-order valence-electron chi connectivity index (χ2n) is 33.3. The molecule has 0 aliphatic rings. The van der Waals surface area contributed by atoms with Crippen LogP contribution in [0.25, 0.3) is 169 Å². The van der Waals surface area contributed by atoms with Crippen LogP contribution in [0.1, 0.15) is 5.56 Å². The molecule has 6 heterocycles. The van der Waals surface area contributed by atoms with Gasteiger partial charge < -0.3 is 18.1 Å². The van der Waals surface area contributed by atoms with Gasteiger partial charge in [-0.1, -0.05) is 382 Å². The molecule has 0 bridgehead atoms. The Morgan fingerprint density at radius 1 is 0.248 bits per heavy atom. The van der Waals surface area contributed by atoms with Gasteiger partial charge in [0.2, 0.25) is 0 Å². The standard InChI is InChI=1S/C67H43N3OSi.C53H36N2SSi/c68-44-60-52(45-19-15-21-47(41-45)69-63-36-13-9-29-56(63)59-43-48(39-40-64(59)69)70-61-34-11-7-27-54(61)55-28-8-12-35-62(55)70)31-17-32-53(60)46-20-16-26-51(42-46)72(49-22-3-1-4-23-49,50-24-5-2-6-25-50)66-38-18-33-58-57-30-10-14-37-65(57)71-67(58)66;1-3-20-40(21-4-1)57(41-22-5-2-6-23-41,52-34-15-28-46-45-27-9-12-33-51(45)56-53(46)52)42-24-14-18-38(36-42)48-30-16-29-47(54-48)37-17-13-19-39(35-37)55-49-31-10-7-25-43(49)44-26-8-11-32-50(44)55/h1-43H;1-36H. The molecule has 25 aromatic rings. The molecule has 0 saturated carbocycles. The van der Waals surface area contributed by atoms with Gasteiger partial charge in [-0.15, -0.1) is 11.3 Å². The van der Waals surface area contributed by atoms with E-state index in [0.717, 1.165) is 94.8 Å². The third-order valence-corrected chi connectivity index (χ3v) is 37.4. The van der Waals surface area contributed by atoms with E-state index in [2.05, 4.69) is 493 Å². The van der Waals surface area contributed by atoms with Gasteiger partial charge in [-0.25, -0.2) is 4.98 Å². The number of rotatable bonds is 15. The van der Waals surface area contributed by atoms with Gasteiger partial charge in [-0.05, 0) is 150 Å². The first-order valence-corrected chi connectivity index (χ1v) is 48.8. The van der Waals surface area contributed by atoms with Crippen molar-refractivity contribution in [2.45, 2.75) is 0 Å². The van der Waals surface area contributed by atoms with E-state index < -0.39 is 16.1 Å². The number of fused-ring (bicyclic) bond motifs is 15. The number of hydrogen-bond donors (Lipinski definition) is 0. The van der Waals surface area contributed by atoms with Gasteiger partial charge in [-0.3, -0.25) is 0 Å². The van der Waals surface area contributed by atoms with E-state index in [-0.39, 0.29) is 0 Å². The number of nitriles is 1. The van der Waals surface area contributed by atoms with Crippen LogP contribution < -0.4 is 41.5 Å². The summed E-state index contributed by atoms with van der Waals surface area (Å²) in [4.78, 5) is 5.39. The van der Waals surface area contributed by atoms with Crippen molar-refractivity contribution in [1.29, 1.82) is 5.26 Å². The third-order valence-electron chi connectivity index (χ3n) is 26.5. The van der Waals surface area contributed by atoms with Crippen molar-refractivity contribution in [3.63, 3.8) is 0 Å². The maximum atomic E-state index is 11.3. The highest BCUT2D eigenvalue weighted by atomic mass is 32.1. The average molecular weight is 1700 g/mol. The second-order valence-corrected chi connectivity index (χ2v) is 41.9. The molecule has 19 aromatic carbocycles. The largest absolute Gasteiger partial charge is 0.456 e. The van der Waals surface area contributed by atoms with Gasteiger partial charge in [0.15, 0.2) is 16.1 Å². The maximum absolute atomic E-state index is 11.3. The molecule has 0 saturated heterocycles. The highest BCUT2D eigenvalue weighted by Crippen LogP contribution is 2.42. The molecule has 0 fully saturated rings. The van der Waals surface area contributed by atoms with Crippen LogP contribution in [-0.4, -0.2) is 34.8 Å². The smallest absolute Gasteiger partial charge is 0.184 e. The topological polar surface area (TPSA) is 64.6 Å². The van der Waals surface area contributed by atoms with Crippen LogP contribution in [0.15, 0.2) is 484 Å². The Bertz CT molecular complexity index is 8550. The Morgan fingerprint density at radius 3 is 1.12 bits per heavy atom. The summed E-state index contributed by atoms with van der Waals surface area (Å²) in [6.07, 6.45) is 0. The molecule has 0 amide bonds. The highest BCUT2D eigenvalue weighted by Gasteiger charge is 2.46. The Kier molecular flexibility index (Phi) is 18.8. The molecule has 0 N–H and O–H groups in total. The van der Waals surface area contributed by atoms with Crippen molar-refractivity contribution in [1.82, 2.24) is 18.7 Å². The first-order chi connectivity index (χ1) is 64.0. The lowest BCUT2D eigenvalue weighted by molar-refractivity contribution is 0.671. The highest BCUT2D eigenvalue weighted by molar-refractivity contribution is 7.30. The third kappa shape index (κ3) is 12.5. The van der Waals surface area contributed by atoms with Gasteiger partial charge in [0.05, 0.1) is 50.1 Å². The minimum Gasteiger partial charge on any atom is -0.456 e. The first-order valence-electron chi connectivity index (χ1n) is 43.9. The number of hydrogen-bond acceptors (Lipinski definition) is 4. The van der Waals surface area contributed by atoms with E-state index in [1.807, 2.05) is 17.4 Å². The number of nitrogens with zero attached hydrogens (tertiary/aromatic N) is 5. The predicted molar refractivity (Wildman–Crippen MR) is 548 cm³/mol. The molecule has 0 unspecified atom stereocenters. The molecule has 25 rings (SSSR count). The van der Waals surface area contributed by atoms with Gasteiger partial charge in [-0.2, -0.15) is 5.26 Å². The van der Waals surface area contributed by atoms with Crippen LogP contribution >= 0.6 is 11.3 Å². The molecular formula is C120H79N5OSSi2. The van der Waals surface area contributed by atoms with E-state index in [9.17, 15) is 5.26 Å². The fourth-order valence-electron chi connectivity index (χ4n) is 20.9. The molecule has 0 spiro atoms. The maximum Gasteiger partial charge on any atom is 0.184 e. The van der Waals surface area contributed by atoms with E-state index in [0.29, 0.717) is 5.56 Å². The summed E-state index contributed by atoms with van der Waals surface area (Å²) in [6, 6.07) is 176. The molecule has 0 aliphatic carbocycles. The molecule has 9 heteroatoms. The van der Waals surface area contributed by atoms with Crippen molar-refractivity contribution >= 4 is 177 Å². The number of benzene rings is 19. The van der Waals surface area contributed by atoms with Crippen molar-refractivity contribution in [3.8, 4) is 67.9 Å². The molecule has 6 nitrogen and oxygen atoms in total. The van der Waals surface area contributed by atoms with Crippen LogP contribution in [-0.2, 0) is 0 Å². The van der Waals surface area contributed by atoms with Crippen LogP contribution in [0.2, 0.25) is 0 Å². The fourth-order valence-corrected chi connectivity index (χ4v) is 32.4. The van der Waals surface area contributed by atoms with Crippen molar-refractivity contribution < 1.29 is 4.42 Å². The van der Waals surface area contributed by atoms with Crippen molar-refractivity contribution in [3.05, 3.63) is 485 Å². The van der Waals surface area contributed by atoms with Crippen LogP contribution in [0, 0.1) is 11.3 Å². The lowest BCUT2D eigenvalue weighted by Gasteiger charge is -2.35. The number of furan rings is 1. The molecule has 6 aromatic heterocycles. The number of thiophene rings is 1. The van der Waals surface area contributed by atoms with E-state index >= 15 is 0 Å². The van der Waals surface area contributed by atoms with E-state index in [4.69, 9.17) is 9.40 Å². The number of pyridine rings is 1. The van der Waals surface area contributed by atoms with E-state index in [1.54, 1.807) is 0 Å². The fraction of sp³-hybridized carbons (Fsp3) is 0. The zero-order valence-electron chi connectivity index (χ0n) is 70.2.